The van der Waals surface area contributed by atoms with Crippen LogP contribution in [0.5, 0.6) is 11.5 Å². The summed E-state index contributed by atoms with van der Waals surface area (Å²) < 4.78 is 5.90. The highest BCUT2D eigenvalue weighted by Crippen LogP contribution is 2.41. The van der Waals surface area contributed by atoms with Crippen molar-refractivity contribution in [1.82, 2.24) is 10.4 Å². The Kier molecular flexibility index (Phi) is 5.25. The molecule has 3 aromatic rings. The summed E-state index contributed by atoms with van der Waals surface area (Å²) in [5.41, 5.74) is 3.19. The van der Waals surface area contributed by atoms with Crippen LogP contribution in [-0.4, -0.2) is 34.4 Å². The van der Waals surface area contributed by atoms with Crippen molar-refractivity contribution >= 4 is 68.0 Å². The fraction of sp³-hybridized carbons (Fsp3) is 0.158. The van der Waals surface area contributed by atoms with E-state index in [2.05, 4.69) is 5.43 Å². The third-order valence-electron chi connectivity index (χ3n) is 4.59. The largest absolute Gasteiger partial charge is 0.504 e. The van der Waals surface area contributed by atoms with Gasteiger partial charge in [-0.25, -0.2) is 5.01 Å². The summed E-state index contributed by atoms with van der Waals surface area (Å²) in [6.45, 7) is 0. The predicted molar refractivity (Wildman–Crippen MR) is 113 cm³/mol. The number of benzene rings is 2. The van der Waals surface area contributed by atoms with Crippen molar-refractivity contribution in [3.63, 3.8) is 0 Å². The Labute approximate surface area is 184 Å². The molecule has 0 saturated carbocycles. The van der Waals surface area contributed by atoms with Gasteiger partial charge in [-0.2, -0.15) is 0 Å². The number of rotatable bonds is 4. The number of amides is 2. The van der Waals surface area contributed by atoms with Crippen LogP contribution in [-0.2, 0) is 4.79 Å². The lowest BCUT2D eigenvalue weighted by Crippen LogP contribution is -2.63. The van der Waals surface area contributed by atoms with Crippen LogP contribution in [0.15, 0.2) is 36.4 Å². The summed E-state index contributed by atoms with van der Waals surface area (Å²) in [5.74, 6) is -0.780. The van der Waals surface area contributed by atoms with Crippen LogP contribution < -0.4 is 10.2 Å². The van der Waals surface area contributed by atoms with Crippen molar-refractivity contribution in [3.8, 4) is 11.5 Å². The van der Waals surface area contributed by atoms with Gasteiger partial charge in [0.1, 0.15) is 16.3 Å². The van der Waals surface area contributed by atoms with Gasteiger partial charge in [0.05, 0.1) is 12.1 Å². The standard InChI is InChI=1S/C19H13Cl3N2O4S/c1-28-12-6-8(2-4-11(12)25)16-15(22)19(27)24(16)23-18(26)17-14(21)10-7-9(20)3-5-13(10)29-17/h2-7,15-16,25H,1H3,(H,23,26). The number of aromatic hydroxyl groups is 1. The lowest BCUT2D eigenvalue weighted by molar-refractivity contribution is -0.149. The number of carbonyl (C=O) groups is 2. The molecule has 1 saturated heterocycles. The van der Waals surface area contributed by atoms with Crippen molar-refractivity contribution in [3.05, 3.63) is 56.9 Å². The van der Waals surface area contributed by atoms with Crippen LogP contribution >= 0.6 is 46.1 Å². The maximum absolute atomic E-state index is 12.8. The second-order valence-electron chi connectivity index (χ2n) is 6.31. The van der Waals surface area contributed by atoms with Gasteiger partial charge >= 0.3 is 0 Å². The second kappa shape index (κ2) is 7.57. The van der Waals surface area contributed by atoms with Gasteiger partial charge in [0.25, 0.3) is 11.8 Å². The van der Waals surface area contributed by atoms with Crippen LogP contribution in [0.3, 0.4) is 0 Å². The first kappa shape index (κ1) is 20.1. The monoisotopic (exact) mass is 470 g/mol. The third kappa shape index (κ3) is 3.38. The summed E-state index contributed by atoms with van der Waals surface area (Å²) in [6, 6.07) is 9.16. The number of alkyl halides is 1. The molecule has 6 nitrogen and oxygen atoms in total. The first-order valence-electron chi connectivity index (χ1n) is 8.34. The molecule has 1 aliphatic rings. The summed E-state index contributed by atoms with van der Waals surface area (Å²) >= 11 is 19.8. The minimum atomic E-state index is -0.860. The smallest absolute Gasteiger partial charge is 0.281 e. The number of β-lactam (4-membered cyclic amide) rings is 1. The molecule has 0 aliphatic carbocycles. The molecule has 10 heteroatoms. The lowest BCUT2D eigenvalue weighted by Gasteiger charge is -2.43. The Bertz CT molecular complexity index is 1150. The van der Waals surface area contributed by atoms with Crippen molar-refractivity contribution in [2.24, 2.45) is 0 Å². The van der Waals surface area contributed by atoms with Crippen LogP contribution in [0.1, 0.15) is 21.3 Å². The van der Waals surface area contributed by atoms with Gasteiger partial charge in [-0.3, -0.25) is 15.0 Å². The molecule has 0 bridgehead atoms. The van der Waals surface area contributed by atoms with Gasteiger partial charge in [-0.15, -0.1) is 22.9 Å². The third-order valence-corrected chi connectivity index (χ3v) is 6.93. The molecule has 2 N–H and O–H groups in total. The molecule has 0 radical (unpaired) electrons. The Hall–Kier alpha value is -2.19. The summed E-state index contributed by atoms with van der Waals surface area (Å²) in [7, 11) is 1.41. The molecule has 2 aromatic carbocycles. The topological polar surface area (TPSA) is 78.9 Å². The van der Waals surface area contributed by atoms with E-state index in [-0.39, 0.29) is 21.4 Å². The fourth-order valence-corrected chi connectivity index (χ4v) is 5.03. The molecule has 2 atom stereocenters. The average molecular weight is 472 g/mol. The lowest BCUT2D eigenvalue weighted by atomic mass is 9.95. The molecule has 29 heavy (non-hydrogen) atoms. The number of methoxy groups -OCH3 is 1. The summed E-state index contributed by atoms with van der Waals surface area (Å²) in [6.07, 6.45) is 0. The maximum Gasteiger partial charge on any atom is 0.281 e. The molecule has 1 aromatic heterocycles. The maximum atomic E-state index is 12.8. The van der Waals surface area contributed by atoms with E-state index in [1.807, 2.05) is 0 Å². The van der Waals surface area contributed by atoms with Gasteiger partial charge in [0.15, 0.2) is 11.5 Å². The van der Waals surface area contributed by atoms with Gasteiger partial charge in [0, 0.05) is 15.1 Å². The predicted octanol–water partition coefficient (Wildman–Crippen LogP) is 4.76. The zero-order chi connectivity index (χ0) is 20.9. The number of hydrogen-bond acceptors (Lipinski definition) is 5. The number of ether oxygens (including phenoxy) is 1. The molecule has 1 aliphatic heterocycles. The van der Waals surface area contributed by atoms with Crippen LogP contribution in [0.2, 0.25) is 10.0 Å². The van der Waals surface area contributed by atoms with Crippen molar-refractivity contribution in [2.45, 2.75) is 11.4 Å². The zero-order valence-electron chi connectivity index (χ0n) is 14.8. The van der Waals surface area contributed by atoms with E-state index in [9.17, 15) is 14.7 Å². The SMILES string of the molecule is COc1cc(C2C(Cl)C(=O)N2NC(=O)c2sc3ccc(Cl)cc3c2Cl)ccc1O. The van der Waals surface area contributed by atoms with Gasteiger partial charge < -0.3 is 9.84 Å². The minimum absolute atomic E-state index is 0.0423. The molecule has 1 fully saturated rings. The van der Waals surface area contributed by atoms with Crippen LogP contribution in [0.4, 0.5) is 0 Å². The minimum Gasteiger partial charge on any atom is -0.504 e. The average Bonchev–Trinajstić information content (AvgIpc) is 3.04. The van der Waals surface area contributed by atoms with Gasteiger partial charge in [-0.1, -0.05) is 29.3 Å². The number of thiophene rings is 1. The Morgan fingerprint density at radius 1 is 1.24 bits per heavy atom. The van der Waals surface area contributed by atoms with Crippen molar-refractivity contribution in [2.75, 3.05) is 7.11 Å². The number of phenolic OH excluding ortho intramolecular Hbond substituents is 1. The normalized spacial score (nSPS) is 18.6. The number of phenols is 1. The Morgan fingerprint density at radius 3 is 2.72 bits per heavy atom. The second-order valence-corrected chi connectivity index (χ2v) is 8.65. The number of carbonyl (C=O) groups excluding carboxylic acids is 2. The van der Waals surface area contributed by atoms with E-state index in [1.54, 1.807) is 30.3 Å². The van der Waals surface area contributed by atoms with E-state index in [1.165, 1.54) is 24.5 Å². The van der Waals surface area contributed by atoms with Crippen molar-refractivity contribution in [1.29, 1.82) is 0 Å². The number of nitrogens with zero attached hydrogens (tertiary/aromatic N) is 1. The van der Waals surface area contributed by atoms with E-state index >= 15 is 0 Å². The number of hydrogen-bond donors (Lipinski definition) is 2. The molecule has 2 heterocycles. The number of fused-ring (bicyclic) bond motifs is 1. The van der Waals surface area contributed by atoms with Crippen molar-refractivity contribution < 1.29 is 19.4 Å². The Balaban J connectivity index is 1.62. The molecule has 0 spiro atoms. The van der Waals surface area contributed by atoms with E-state index < -0.39 is 23.2 Å². The first-order valence-corrected chi connectivity index (χ1v) is 10.3. The number of nitrogens with one attached hydrogen (secondary N) is 1. The number of hydrazine groups is 1. The first-order chi connectivity index (χ1) is 13.8. The van der Waals surface area contributed by atoms with E-state index in [4.69, 9.17) is 39.5 Å². The highest BCUT2D eigenvalue weighted by molar-refractivity contribution is 7.21. The molecule has 4 rings (SSSR count). The van der Waals surface area contributed by atoms with E-state index in [0.717, 1.165) is 9.71 Å². The molecular formula is C19H13Cl3N2O4S. The number of halogens is 3. The van der Waals surface area contributed by atoms with Gasteiger partial charge in [0.2, 0.25) is 0 Å². The molecule has 150 valence electrons. The summed E-state index contributed by atoms with van der Waals surface area (Å²) in [5, 5.41) is 11.5. The van der Waals surface area contributed by atoms with Crippen LogP contribution in [0.25, 0.3) is 10.1 Å². The quantitative estimate of drug-likeness (QED) is 0.425. The van der Waals surface area contributed by atoms with Crippen LogP contribution in [0, 0.1) is 0 Å². The zero-order valence-corrected chi connectivity index (χ0v) is 17.9. The van der Waals surface area contributed by atoms with E-state index in [0.29, 0.717) is 16.0 Å². The Morgan fingerprint density at radius 2 is 2.00 bits per heavy atom. The molecular weight excluding hydrogens is 459 g/mol. The highest BCUT2D eigenvalue weighted by atomic mass is 35.5. The fourth-order valence-electron chi connectivity index (χ4n) is 3.12. The molecule has 2 amide bonds. The summed E-state index contributed by atoms with van der Waals surface area (Å²) in [4.78, 5) is 25.4. The molecule has 2 unspecified atom stereocenters. The highest BCUT2D eigenvalue weighted by Gasteiger charge is 2.48. The van der Waals surface area contributed by atoms with Gasteiger partial charge in [-0.05, 0) is 35.9 Å².